The van der Waals surface area contributed by atoms with E-state index in [1.54, 1.807) is 6.07 Å². The molecule has 2 aromatic rings. The molecule has 1 aromatic carbocycles. The van der Waals surface area contributed by atoms with Crippen LogP contribution in [0.1, 0.15) is 35.5 Å². The molecular weight excluding hydrogens is 324 g/mol. The van der Waals surface area contributed by atoms with Gasteiger partial charge in [0.1, 0.15) is 5.75 Å². The summed E-state index contributed by atoms with van der Waals surface area (Å²) >= 11 is 1.38. The molecule has 2 N–H and O–H groups in total. The van der Waals surface area contributed by atoms with Crippen molar-refractivity contribution in [1.29, 1.82) is 0 Å². The number of amides is 2. The van der Waals surface area contributed by atoms with Gasteiger partial charge in [-0.3, -0.25) is 9.59 Å². The van der Waals surface area contributed by atoms with E-state index in [-0.39, 0.29) is 24.3 Å². The molecular formula is C18H22N2O3S. The third-order valence-corrected chi connectivity index (χ3v) is 4.04. The molecule has 128 valence electrons. The van der Waals surface area contributed by atoms with Crippen LogP contribution in [0.4, 0.5) is 0 Å². The zero-order chi connectivity index (χ0) is 17.4. The highest BCUT2D eigenvalue weighted by Crippen LogP contribution is 2.13. The summed E-state index contributed by atoms with van der Waals surface area (Å²) in [5, 5.41) is 7.42. The molecule has 0 aliphatic carbocycles. The van der Waals surface area contributed by atoms with Crippen molar-refractivity contribution in [2.45, 2.75) is 32.9 Å². The summed E-state index contributed by atoms with van der Waals surface area (Å²) in [6, 6.07) is 11.2. The maximum Gasteiger partial charge on any atom is 0.261 e. The van der Waals surface area contributed by atoms with Crippen molar-refractivity contribution in [3.63, 3.8) is 0 Å². The topological polar surface area (TPSA) is 67.4 Å². The van der Waals surface area contributed by atoms with Crippen LogP contribution < -0.4 is 15.4 Å². The van der Waals surface area contributed by atoms with Gasteiger partial charge < -0.3 is 15.4 Å². The number of thiophene rings is 1. The van der Waals surface area contributed by atoms with E-state index in [1.165, 1.54) is 11.3 Å². The van der Waals surface area contributed by atoms with Crippen molar-refractivity contribution in [2.24, 2.45) is 0 Å². The SMILES string of the molecule is CC(C)Oc1ccc(CNC(=O)CCNC(=O)c2cccs2)cc1. The molecule has 0 unspecified atom stereocenters. The van der Waals surface area contributed by atoms with Crippen molar-refractivity contribution in [3.05, 3.63) is 52.2 Å². The fourth-order valence-electron chi connectivity index (χ4n) is 2.03. The highest BCUT2D eigenvalue weighted by Gasteiger charge is 2.07. The zero-order valence-corrected chi connectivity index (χ0v) is 14.7. The fraction of sp³-hybridized carbons (Fsp3) is 0.333. The normalized spacial score (nSPS) is 10.5. The maximum absolute atomic E-state index is 11.8. The van der Waals surface area contributed by atoms with Gasteiger partial charge in [0.2, 0.25) is 5.91 Å². The minimum Gasteiger partial charge on any atom is -0.491 e. The van der Waals surface area contributed by atoms with Crippen LogP contribution in [0.5, 0.6) is 5.75 Å². The first-order valence-electron chi connectivity index (χ1n) is 7.88. The van der Waals surface area contributed by atoms with Crippen LogP contribution in [-0.4, -0.2) is 24.5 Å². The molecule has 5 nitrogen and oxygen atoms in total. The van der Waals surface area contributed by atoms with Crippen molar-refractivity contribution in [2.75, 3.05) is 6.54 Å². The summed E-state index contributed by atoms with van der Waals surface area (Å²) in [7, 11) is 0. The first-order valence-corrected chi connectivity index (χ1v) is 8.76. The lowest BCUT2D eigenvalue weighted by Crippen LogP contribution is -2.30. The molecule has 0 fully saturated rings. The molecule has 0 aliphatic rings. The Bertz CT molecular complexity index is 651. The van der Waals surface area contributed by atoms with Crippen molar-refractivity contribution < 1.29 is 14.3 Å². The molecule has 2 amide bonds. The highest BCUT2D eigenvalue weighted by atomic mass is 32.1. The molecule has 0 radical (unpaired) electrons. The maximum atomic E-state index is 11.8. The molecule has 0 atom stereocenters. The second-order valence-corrected chi connectivity index (χ2v) is 6.52. The Kier molecular flexibility index (Phi) is 6.81. The van der Waals surface area contributed by atoms with Gasteiger partial charge in [0.15, 0.2) is 0 Å². The molecule has 0 saturated carbocycles. The lowest BCUT2D eigenvalue weighted by Gasteiger charge is -2.10. The number of hydrogen-bond acceptors (Lipinski definition) is 4. The standard InChI is InChI=1S/C18H22N2O3S/c1-13(2)23-15-7-5-14(6-8-15)12-20-17(21)9-10-19-18(22)16-4-3-11-24-16/h3-8,11,13H,9-10,12H2,1-2H3,(H,19,22)(H,20,21). The summed E-state index contributed by atoms with van der Waals surface area (Å²) in [6.45, 7) is 4.74. The monoisotopic (exact) mass is 346 g/mol. The largest absolute Gasteiger partial charge is 0.491 e. The average Bonchev–Trinajstić information content (AvgIpc) is 3.08. The minimum absolute atomic E-state index is 0.0935. The van der Waals surface area contributed by atoms with Gasteiger partial charge in [0.25, 0.3) is 5.91 Å². The number of benzene rings is 1. The van der Waals surface area contributed by atoms with E-state index in [2.05, 4.69) is 10.6 Å². The predicted molar refractivity (Wildman–Crippen MR) is 95.3 cm³/mol. The van der Waals surface area contributed by atoms with Crippen LogP contribution in [0.15, 0.2) is 41.8 Å². The van der Waals surface area contributed by atoms with E-state index in [1.807, 2.05) is 49.6 Å². The molecule has 0 bridgehead atoms. The molecule has 2 rings (SSSR count). The van der Waals surface area contributed by atoms with Crippen LogP contribution in [0.3, 0.4) is 0 Å². The smallest absolute Gasteiger partial charge is 0.261 e. The molecule has 1 heterocycles. The lowest BCUT2D eigenvalue weighted by atomic mass is 10.2. The van der Waals surface area contributed by atoms with E-state index >= 15 is 0 Å². The Morgan fingerprint density at radius 1 is 1.12 bits per heavy atom. The Morgan fingerprint density at radius 2 is 1.88 bits per heavy atom. The summed E-state index contributed by atoms with van der Waals surface area (Å²) in [5.74, 6) is 0.582. The number of carbonyl (C=O) groups excluding carboxylic acids is 2. The summed E-state index contributed by atoms with van der Waals surface area (Å²) in [6.07, 6.45) is 0.394. The van der Waals surface area contributed by atoms with E-state index in [4.69, 9.17) is 4.74 Å². The molecule has 24 heavy (non-hydrogen) atoms. The number of ether oxygens (including phenoxy) is 1. The molecule has 6 heteroatoms. The number of hydrogen-bond donors (Lipinski definition) is 2. The van der Waals surface area contributed by atoms with E-state index in [9.17, 15) is 9.59 Å². The summed E-state index contributed by atoms with van der Waals surface area (Å²) in [4.78, 5) is 24.2. The van der Waals surface area contributed by atoms with Gasteiger partial charge in [-0.2, -0.15) is 0 Å². The first kappa shape index (κ1) is 18.0. The van der Waals surface area contributed by atoms with Gasteiger partial charge in [-0.25, -0.2) is 0 Å². The van der Waals surface area contributed by atoms with Gasteiger partial charge in [-0.15, -0.1) is 11.3 Å². The van der Waals surface area contributed by atoms with Crippen molar-refractivity contribution in [1.82, 2.24) is 10.6 Å². The Balaban J connectivity index is 1.66. The number of carbonyl (C=O) groups is 2. The number of rotatable bonds is 8. The fourth-order valence-corrected chi connectivity index (χ4v) is 2.67. The van der Waals surface area contributed by atoms with Crippen molar-refractivity contribution >= 4 is 23.2 Å². The minimum atomic E-state index is -0.140. The predicted octanol–water partition coefficient (Wildman–Crippen LogP) is 2.97. The average molecular weight is 346 g/mol. The second-order valence-electron chi connectivity index (χ2n) is 5.57. The van der Waals surface area contributed by atoms with Gasteiger partial charge in [-0.05, 0) is 43.0 Å². The van der Waals surface area contributed by atoms with Gasteiger partial charge >= 0.3 is 0 Å². The summed E-state index contributed by atoms with van der Waals surface area (Å²) in [5.41, 5.74) is 1.00. The summed E-state index contributed by atoms with van der Waals surface area (Å²) < 4.78 is 5.57. The van der Waals surface area contributed by atoms with Crippen molar-refractivity contribution in [3.8, 4) is 5.75 Å². The van der Waals surface area contributed by atoms with E-state index in [0.29, 0.717) is 18.0 Å². The van der Waals surface area contributed by atoms with E-state index in [0.717, 1.165) is 11.3 Å². The molecule has 0 spiro atoms. The quantitative estimate of drug-likeness (QED) is 0.772. The lowest BCUT2D eigenvalue weighted by molar-refractivity contribution is -0.121. The molecule has 0 saturated heterocycles. The molecule has 0 aliphatic heterocycles. The van der Waals surface area contributed by atoms with Gasteiger partial charge in [0, 0.05) is 19.5 Å². The van der Waals surface area contributed by atoms with Gasteiger partial charge in [-0.1, -0.05) is 18.2 Å². The Labute approximate surface area is 146 Å². The van der Waals surface area contributed by atoms with Gasteiger partial charge in [0.05, 0.1) is 11.0 Å². The Morgan fingerprint density at radius 3 is 2.50 bits per heavy atom. The van der Waals surface area contributed by atoms with Crippen LogP contribution in [0.25, 0.3) is 0 Å². The highest BCUT2D eigenvalue weighted by molar-refractivity contribution is 7.12. The van der Waals surface area contributed by atoms with Crippen LogP contribution in [0, 0.1) is 0 Å². The van der Waals surface area contributed by atoms with Crippen LogP contribution in [-0.2, 0) is 11.3 Å². The third-order valence-electron chi connectivity index (χ3n) is 3.17. The van der Waals surface area contributed by atoms with Crippen LogP contribution in [0.2, 0.25) is 0 Å². The zero-order valence-electron chi connectivity index (χ0n) is 13.9. The Hall–Kier alpha value is -2.34. The first-order chi connectivity index (χ1) is 11.5. The third kappa shape index (κ3) is 6.04. The second kappa shape index (κ2) is 9.08. The number of nitrogens with one attached hydrogen (secondary N) is 2. The van der Waals surface area contributed by atoms with Crippen LogP contribution >= 0.6 is 11.3 Å². The molecule has 1 aromatic heterocycles. The van der Waals surface area contributed by atoms with E-state index < -0.39 is 0 Å².